The minimum atomic E-state index is -0.0711. The fraction of sp³-hybridized carbons (Fsp3) is 0.111. The van der Waals surface area contributed by atoms with Gasteiger partial charge in [-0.3, -0.25) is 4.79 Å². The Morgan fingerprint density at radius 3 is 3.00 bits per heavy atom. The molecule has 2 aromatic rings. The predicted molar refractivity (Wildman–Crippen MR) is 50.3 cm³/mol. The summed E-state index contributed by atoms with van der Waals surface area (Å²) in [5.41, 5.74) is 0. The van der Waals surface area contributed by atoms with E-state index in [0.29, 0.717) is 11.0 Å². The van der Waals surface area contributed by atoms with Gasteiger partial charge >= 0.3 is 0 Å². The van der Waals surface area contributed by atoms with Gasteiger partial charge in [0.1, 0.15) is 6.26 Å². The molecule has 0 aliphatic rings. The third-order valence-electron chi connectivity index (χ3n) is 1.53. The summed E-state index contributed by atoms with van der Waals surface area (Å²) in [5.74, 6) is 0.566. The van der Waals surface area contributed by atoms with Crippen LogP contribution in [-0.2, 0) is 0 Å². The maximum absolute atomic E-state index is 11.4. The van der Waals surface area contributed by atoms with Gasteiger partial charge in [0, 0.05) is 0 Å². The van der Waals surface area contributed by atoms with Gasteiger partial charge in [-0.15, -0.1) is 0 Å². The first-order valence-corrected chi connectivity index (χ1v) is 4.94. The molecule has 0 spiro atoms. The number of hydrogen-bond donors (Lipinski definition) is 0. The first-order chi connectivity index (χ1) is 6.86. The quantitative estimate of drug-likeness (QED) is 0.571. The predicted octanol–water partition coefficient (Wildman–Crippen LogP) is 2.24. The van der Waals surface area contributed by atoms with Crippen molar-refractivity contribution in [3.63, 3.8) is 0 Å². The van der Waals surface area contributed by atoms with Crippen molar-refractivity contribution in [2.75, 3.05) is 5.75 Å². The molecule has 0 saturated heterocycles. The average molecular weight is 209 g/mol. The van der Waals surface area contributed by atoms with E-state index in [-0.39, 0.29) is 11.5 Å². The monoisotopic (exact) mass is 209 g/mol. The second-order valence-corrected chi connectivity index (χ2v) is 3.41. The lowest BCUT2D eigenvalue weighted by Crippen LogP contribution is -2.00. The van der Waals surface area contributed by atoms with Crippen LogP contribution in [0.4, 0.5) is 0 Å². The van der Waals surface area contributed by atoms with E-state index in [4.69, 9.17) is 8.83 Å². The van der Waals surface area contributed by atoms with Gasteiger partial charge in [-0.2, -0.15) is 0 Å². The van der Waals surface area contributed by atoms with Crippen LogP contribution >= 0.6 is 11.8 Å². The van der Waals surface area contributed by atoms with Gasteiger partial charge in [0.2, 0.25) is 5.78 Å². The molecule has 0 N–H and O–H groups in total. The molecule has 72 valence electrons. The molecule has 0 bridgehead atoms. The molecule has 2 heterocycles. The van der Waals surface area contributed by atoms with Gasteiger partial charge in [-0.05, 0) is 12.1 Å². The molecule has 0 aliphatic carbocycles. The highest BCUT2D eigenvalue weighted by atomic mass is 32.2. The zero-order chi connectivity index (χ0) is 9.80. The van der Waals surface area contributed by atoms with Crippen molar-refractivity contribution in [1.29, 1.82) is 0 Å². The zero-order valence-electron chi connectivity index (χ0n) is 7.17. The second-order valence-electron chi connectivity index (χ2n) is 2.49. The average Bonchev–Trinajstić information content (AvgIpc) is 2.87. The van der Waals surface area contributed by atoms with Crippen LogP contribution in [0, 0.1) is 0 Å². The van der Waals surface area contributed by atoms with E-state index >= 15 is 0 Å². The van der Waals surface area contributed by atoms with Gasteiger partial charge in [-0.1, -0.05) is 11.8 Å². The number of hydrogen-bond acceptors (Lipinski definition) is 5. The van der Waals surface area contributed by atoms with E-state index in [1.54, 1.807) is 18.3 Å². The summed E-state index contributed by atoms with van der Waals surface area (Å²) >= 11 is 1.25. The fourth-order valence-electron chi connectivity index (χ4n) is 0.917. The largest absolute Gasteiger partial charge is 0.461 e. The third kappa shape index (κ3) is 2.05. The number of carbonyl (C=O) groups excluding carboxylic acids is 1. The number of oxazole rings is 1. The summed E-state index contributed by atoms with van der Waals surface area (Å²) in [6.07, 6.45) is 4.49. The molecule has 0 fully saturated rings. The van der Waals surface area contributed by atoms with Crippen molar-refractivity contribution in [2.45, 2.75) is 5.22 Å². The Morgan fingerprint density at radius 2 is 2.36 bits per heavy atom. The first-order valence-electron chi connectivity index (χ1n) is 3.95. The number of thioether (sulfide) groups is 1. The smallest absolute Gasteiger partial charge is 0.255 e. The number of rotatable bonds is 4. The number of aromatic nitrogens is 1. The van der Waals surface area contributed by atoms with E-state index < -0.39 is 0 Å². The molecule has 0 saturated carbocycles. The maximum atomic E-state index is 11.4. The minimum Gasteiger partial charge on any atom is -0.461 e. The summed E-state index contributed by atoms with van der Waals surface area (Å²) in [6.45, 7) is 0. The molecular formula is C9H7NO3S. The normalized spacial score (nSPS) is 10.3. The lowest BCUT2D eigenvalue weighted by atomic mass is 10.3. The van der Waals surface area contributed by atoms with Crippen molar-refractivity contribution in [3.05, 3.63) is 36.6 Å². The van der Waals surface area contributed by atoms with Crippen LogP contribution in [0.1, 0.15) is 10.6 Å². The van der Waals surface area contributed by atoms with E-state index in [2.05, 4.69) is 4.98 Å². The van der Waals surface area contributed by atoms with E-state index in [9.17, 15) is 4.79 Å². The molecule has 0 radical (unpaired) electrons. The number of furan rings is 1. The number of carbonyl (C=O) groups is 1. The summed E-state index contributed by atoms with van der Waals surface area (Å²) in [5, 5.41) is 0.491. The van der Waals surface area contributed by atoms with Crippen LogP contribution in [-0.4, -0.2) is 16.5 Å². The van der Waals surface area contributed by atoms with Crippen LogP contribution in [0.15, 0.2) is 44.9 Å². The molecule has 0 amide bonds. The van der Waals surface area contributed by atoms with Crippen LogP contribution in [0.5, 0.6) is 0 Å². The molecule has 14 heavy (non-hydrogen) atoms. The molecular weight excluding hydrogens is 202 g/mol. The van der Waals surface area contributed by atoms with E-state index in [1.165, 1.54) is 24.3 Å². The minimum absolute atomic E-state index is 0.0711. The highest BCUT2D eigenvalue weighted by Gasteiger charge is 2.10. The van der Waals surface area contributed by atoms with Crippen LogP contribution in [0.2, 0.25) is 0 Å². The van der Waals surface area contributed by atoms with Crippen LogP contribution < -0.4 is 0 Å². The summed E-state index contributed by atoms with van der Waals surface area (Å²) < 4.78 is 9.92. The molecule has 0 aromatic carbocycles. The number of Topliss-reactive ketones (excluding diaryl/α,β-unsaturated/α-hetero) is 1. The van der Waals surface area contributed by atoms with Crippen LogP contribution in [0.3, 0.4) is 0 Å². The molecule has 5 heteroatoms. The standard InChI is InChI=1S/C9H7NO3S/c11-7(8-2-1-4-12-8)6-14-9-10-3-5-13-9/h1-5H,6H2. The number of ketones is 1. The zero-order valence-corrected chi connectivity index (χ0v) is 7.99. The fourth-order valence-corrected chi connectivity index (χ4v) is 1.57. The molecule has 0 aliphatic heterocycles. The highest BCUT2D eigenvalue weighted by molar-refractivity contribution is 7.99. The Morgan fingerprint density at radius 1 is 1.43 bits per heavy atom. The van der Waals surface area contributed by atoms with Gasteiger partial charge in [0.15, 0.2) is 5.76 Å². The molecule has 4 nitrogen and oxygen atoms in total. The Bertz CT molecular complexity index is 394. The lowest BCUT2D eigenvalue weighted by Gasteiger charge is -1.93. The van der Waals surface area contributed by atoms with E-state index in [0.717, 1.165) is 0 Å². The summed E-state index contributed by atoms with van der Waals surface area (Å²) in [6, 6.07) is 3.32. The Labute approximate surface area is 84.3 Å². The molecule has 0 atom stereocenters. The lowest BCUT2D eigenvalue weighted by molar-refractivity contribution is 0.0992. The topological polar surface area (TPSA) is 56.2 Å². The molecule has 0 unspecified atom stereocenters. The van der Waals surface area contributed by atoms with Crippen molar-refractivity contribution >= 4 is 17.5 Å². The molecule has 2 aromatic heterocycles. The van der Waals surface area contributed by atoms with Crippen molar-refractivity contribution in [2.24, 2.45) is 0 Å². The van der Waals surface area contributed by atoms with Crippen molar-refractivity contribution < 1.29 is 13.6 Å². The summed E-state index contributed by atoms with van der Waals surface area (Å²) in [7, 11) is 0. The Kier molecular flexibility index (Phi) is 2.69. The van der Waals surface area contributed by atoms with Crippen LogP contribution in [0.25, 0.3) is 0 Å². The van der Waals surface area contributed by atoms with Gasteiger partial charge in [-0.25, -0.2) is 4.98 Å². The van der Waals surface area contributed by atoms with Gasteiger partial charge < -0.3 is 8.83 Å². The maximum Gasteiger partial charge on any atom is 0.255 e. The van der Waals surface area contributed by atoms with Gasteiger partial charge in [0.25, 0.3) is 5.22 Å². The summed E-state index contributed by atoms with van der Waals surface area (Å²) in [4.78, 5) is 15.3. The van der Waals surface area contributed by atoms with Gasteiger partial charge in [0.05, 0.1) is 18.2 Å². The molecule has 2 rings (SSSR count). The number of nitrogens with zero attached hydrogens (tertiary/aromatic N) is 1. The van der Waals surface area contributed by atoms with E-state index in [1.807, 2.05) is 0 Å². The first kappa shape index (κ1) is 9.08. The van der Waals surface area contributed by atoms with Crippen molar-refractivity contribution in [3.8, 4) is 0 Å². The third-order valence-corrected chi connectivity index (χ3v) is 2.39. The Balaban J connectivity index is 1.90. The second kappa shape index (κ2) is 4.15. The Hall–Kier alpha value is -1.49. The highest BCUT2D eigenvalue weighted by Crippen LogP contribution is 2.16. The van der Waals surface area contributed by atoms with Crippen molar-refractivity contribution in [1.82, 2.24) is 4.98 Å². The SMILES string of the molecule is O=C(CSc1ncco1)c1ccco1.